The lowest BCUT2D eigenvalue weighted by Crippen LogP contribution is -2.50. The normalized spacial score (nSPS) is 15.6. The first-order chi connectivity index (χ1) is 13.9. The fourth-order valence-electron chi connectivity index (χ4n) is 3.51. The average molecular weight is 418 g/mol. The highest BCUT2D eigenvalue weighted by molar-refractivity contribution is 7.12. The van der Waals surface area contributed by atoms with Gasteiger partial charge in [-0.05, 0) is 55.0 Å². The van der Waals surface area contributed by atoms with Crippen molar-refractivity contribution < 1.29 is 19.1 Å². The molecule has 1 aromatic heterocycles. The molecule has 2 heterocycles. The van der Waals surface area contributed by atoms with E-state index in [2.05, 4.69) is 10.6 Å². The van der Waals surface area contributed by atoms with Crippen LogP contribution in [-0.2, 0) is 6.42 Å². The van der Waals surface area contributed by atoms with E-state index >= 15 is 0 Å². The molecule has 0 saturated carbocycles. The van der Waals surface area contributed by atoms with Crippen molar-refractivity contribution in [1.82, 2.24) is 15.5 Å². The van der Waals surface area contributed by atoms with Crippen LogP contribution in [0.2, 0.25) is 0 Å². The molecule has 2 N–H and O–H groups in total. The van der Waals surface area contributed by atoms with Gasteiger partial charge in [0.25, 0.3) is 5.91 Å². The second-order valence-electron chi connectivity index (χ2n) is 7.16. The molecule has 1 unspecified atom stereocenters. The Kier molecular flexibility index (Phi) is 6.64. The van der Waals surface area contributed by atoms with Crippen LogP contribution < -0.4 is 20.1 Å². The molecule has 156 valence electrons. The molecule has 1 aliphatic heterocycles. The fraction of sp³-hybridized carbons (Fsp3) is 0.429. The summed E-state index contributed by atoms with van der Waals surface area (Å²) in [4.78, 5) is 27.7. The fourth-order valence-corrected chi connectivity index (χ4v) is 4.15. The number of urea groups is 1. The molecule has 3 amide bonds. The molecule has 0 saturated heterocycles. The lowest BCUT2D eigenvalue weighted by Gasteiger charge is -2.38. The van der Waals surface area contributed by atoms with Crippen LogP contribution in [0, 0.1) is 0 Å². The first-order valence-corrected chi connectivity index (χ1v) is 10.5. The van der Waals surface area contributed by atoms with E-state index in [1.54, 1.807) is 25.2 Å². The van der Waals surface area contributed by atoms with E-state index in [1.807, 2.05) is 37.4 Å². The second kappa shape index (κ2) is 9.17. The number of nitrogens with one attached hydrogen (secondary N) is 2. The van der Waals surface area contributed by atoms with Crippen molar-refractivity contribution in [2.45, 2.75) is 32.4 Å². The van der Waals surface area contributed by atoms with E-state index in [0.717, 1.165) is 11.1 Å². The Balaban J connectivity index is 1.91. The van der Waals surface area contributed by atoms with Crippen LogP contribution in [0.5, 0.6) is 11.5 Å². The van der Waals surface area contributed by atoms with Crippen LogP contribution in [0.15, 0.2) is 29.6 Å². The topological polar surface area (TPSA) is 79.9 Å². The van der Waals surface area contributed by atoms with Crippen LogP contribution >= 0.6 is 11.3 Å². The maximum absolute atomic E-state index is 12.8. The average Bonchev–Trinajstić information content (AvgIpc) is 3.24. The molecule has 3 rings (SSSR count). The summed E-state index contributed by atoms with van der Waals surface area (Å²) < 4.78 is 10.9. The number of ether oxygens (including phenoxy) is 2. The first-order valence-electron chi connectivity index (χ1n) is 9.58. The van der Waals surface area contributed by atoms with Crippen LogP contribution in [0.4, 0.5) is 4.79 Å². The van der Waals surface area contributed by atoms with Crippen molar-refractivity contribution in [2.75, 3.05) is 27.3 Å². The third-order valence-corrected chi connectivity index (χ3v) is 5.75. The predicted octanol–water partition coefficient (Wildman–Crippen LogP) is 3.21. The summed E-state index contributed by atoms with van der Waals surface area (Å²) in [7, 11) is 3.19. The van der Waals surface area contributed by atoms with Gasteiger partial charge in [0.15, 0.2) is 11.5 Å². The summed E-state index contributed by atoms with van der Waals surface area (Å²) >= 11 is 1.39. The molecule has 0 radical (unpaired) electrons. The maximum atomic E-state index is 12.8. The second-order valence-corrected chi connectivity index (χ2v) is 8.10. The van der Waals surface area contributed by atoms with Gasteiger partial charge in [-0.25, -0.2) is 4.79 Å². The van der Waals surface area contributed by atoms with Crippen molar-refractivity contribution in [3.05, 3.63) is 45.6 Å². The molecule has 2 aromatic rings. The zero-order valence-electron chi connectivity index (χ0n) is 17.2. The largest absolute Gasteiger partial charge is 0.493 e. The monoisotopic (exact) mass is 417 g/mol. The van der Waals surface area contributed by atoms with Gasteiger partial charge in [-0.1, -0.05) is 6.07 Å². The molecule has 0 aliphatic carbocycles. The van der Waals surface area contributed by atoms with E-state index < -0.39 is 0 Å². The molecule has 29 heavy (non-hydrogen) atoms. The molecule has 1 aliphatic rings. The summed E-state index contributed by atoms with van der Waals surface area (Å²) in [6.07, 6.45) is 0.705. The van der Waals surface area contributed by atoms with Gasteiger partial charge in [0.05, 0.1) is 25.1 Å². The lowest BCUT2D eigenvalue weighted by atomic mass is 9.91. The van der Waals surface area contributed by atoms with Gasteiger partial charge in [0, 0.05) is 19.1 Å². The van der Waals surface area contributed by atoms with Crippen molar-refractivity contribution >= 4 is 23.3 Å². The van der Waals surface area contributed by atoms with Crippen molar-refractivity contribution in [3.8, 4) is 11.5 Å². The summed E-state index contributed by atoms with van der Waals surface area (Å²) in [5, 5.41) is 7.80. The molecule has 0 spiro atoms. The Bertz CT molecular complexity index is 867. The minimum atomic E-state index is -0.304. The summed E-state index contributed by atoms with van der Waals surface area (Å²) in [6, 6.07) is 7.07. The number of rotatable bonds is 6. The molecule has 8 heteroatoms. The van der Waals surface area contributed by atoms with Gasteiger partial charge in [0.2, 0.25) is 0 Å². The van der Waals surface area contributed by atoms with Crippen LogP contribution in [0.3, 0.4) is 0 Å². The predicted molar refractivity (Wildman–Crippen MR) is 113 cm³/mol. The number of carbonyl (C=O) groups is 2. The molecular weight excluding hydrogens is 390 g/mol. The van der Waals surface area contributed by atoms with Crippen molar-refractivity contribution in [3.63, 3.8) is 0 Å². The SMILES string of the molecule is COc1cc2c(cc1OC)C(CNC(=O)c1cccs1)N(C(=O)NC(C)C)CC2. The van der Waals surface area contributed by atoms with E-state index in [-0.39, 0.29) is 24.0 Å². The quantitative estimate of drug-likeness (QED) is 0.756. The lowest BCUT2D eigenvalue weighted by molar-refractivity contribution is 0.0938. The Morgan fingerprint density at radius 2 is 1.97 bits per heavy atom. The Morgan fingerprint density at radius 1 is 1.24 bits per heavy atom. The van der Waals surface area contributed by atoms with Gasteiger partial charge >= 0.3 is 6.03 Å². The van der Waals surface area contributed by atoms with E-state index in [9.17, 15) is 9.59 Å². The third kappa shape index (κ3) is 4.64. The number of thiophene rings is 1. The number of benzene rings is 1. The summed E-state index contributed by atoms with van der Waals surface area (Å²) in [5.74, 6) is 1.12. The van der Waals surface area contributed by atoms with E-state index in [0.29, 0.717) is 35.9 Å². The van der Waals surface area contributed by atoms with Crippen molar-refractivity contribution in [1.29, 1.82) is 0 Å². The Hall–Kier alpha value is -2.74. The molecule has 1 aromatic carbocycles. The zero-order valence-corrected chi connectivity index (χ0v) is 18.0. The molecule has 7 nitrogen and oxygen atoms in total. The first kappa shape index (κ1) is 21.0. The van der Waals surface area contributed by atoms with Crippen LogP contribution in [0.1, 0.15) is 40.7 Å². The van der Waals surface area contributed by atoms with Crippen molar-refractivity contribution in [2.24, 2.45) is 0 Å². The molecule has 1 atom stereocenters. The minimum absolute atomic E-state index is 0.0238. The van der Waals surface area contributed by atoms with Gasteiger partial charge in [-0.15, -0.1) is 11.3 Å². The smallest absolute Gasteiger partial charge is 0.318 e. The van der Waals surface area contributed by atoms with E-state index in [1.165, 1.54) is 11.3 Å². The number of amides is 3. The van der Waals surface area contributed by atoms with E-state index in [4.69, 9.17) is 9.47 Å². The maximum Gasteiger partial charge on any atom is 0.318 e. The highest BCUT2D eigenvalue weighted by Crippen LogP contribution is 2.38. The van der Waals surface area contributed by atoms with Crippen LogP contribution in [0.25, 0.3) is 0 Å². The highest BCUT2D eigenvalue weighted by atomic mass is 32.1. The molecule has 0 bridgehead atoms. The zero-order chi connectivity index (χ0) is 21.0. The summed E-state index contributed by atoms with van der Waals surface area (Å²) in [6.45, 7) is 4.72. The number of nitrogens with zero attached hydrogens (tertiary/aromatic N) is 1. The summed E-state index contributed by atoms with van der Waals surface area (Å²) in [5.41, 5.74) is 2.05. The number of fused-ring (bicyclic) bond motifs is 1. The Morgan fingerprint density at radius 3 is 2.59 bits per heavy atom. The number of methoxy groups -OCH3 is 2. The van der Waals surface area contributed by atoms with Gasteiger partial charge in [-0.2, -0.15) is 0 Å². The highest BCUT2D eigenvalue weighted by Gasteiger charge is 2.32. The van der Waals surface area contributed by atoms with Gasteiger partial charge < -0.3 is 25.0 Å². The number of hydrogen-bond acceptors (Lipinski definition) is 5. The molecule has 0 fully saturated rings. The number of carbonyl (C=O) groups excluding carboxylic acids is 2. The minimum Gasteiger partial charge on any atom is -0.493 e. The third-order valence-electron chi connectivity index (χ3n) is 4.88. The standard InChI is InChI=1S/C21H27N3O4S/c1-13(2)23-21(26)24-8-7-14-10-17(27-3)18(28-4)11-15(14)16(24)12-22-20(25)19-6-5-9-29-19/h5-6,9-11,13,16H,7-8,12H2,1-4H3,(H,22,25)(H,23,26). The molecular formula is C21H27N3O4S. The van der Waals surface area contributed by atoms with Crippen LogP contribution in [-0.4, -0.2) is 50.2 Å². The number of hydrogen-bond donors (Lipinski definition) is 2. The van der Waals surface area contributed by atoms with Gasteiger partial charge in [-0.3, -0.25) is 4.79 Å². The Labute approximate surface area is 175 Å². The van der Waals surface area contributed by atoms with Gasteiger partial charge in [0.1, 0.15) is 0 Å².